The SMILES string of the molecule is CNS(=O)(=O)OCC(=O)N(c1c(C)ccc(C)c1C)C1COC(=O)C1. The number of cyclic esters (lactones) is 1. The van der Waals surface area contributed by atoms with Crippen molar-refractivity contribution < 1.29 is 26.9 Å². The largest absolute Gasteiger partial charge is 0.463 e. The molecule has 0 radical (unpaired) electrons. The molecule has 1 aliphatic rings. The van der Waals surface area contributed by atoms with Crippen LogP contribution in [0.25, 0.3) is 0 Å². The topological polar surface area (TPSA) is 102 Å². The average molecular weight is 370 g/mol. The number of ether oxygens (including phenoxy) is 1. The first kappa shape index (κ1) is 19.4. The molecule has 1 N–H and O–H groups in total. The zero-order valence-electron chi connectivity index (χ0n) is 14.7. The third-order valence-corrected chi connectivity index (χ3v) is 5.13. The lowest BCUT2D eigenvalue weighted by molar-refractivity contribution is -0.138. The predicted molar refractivity (Wildman–Crippen MR) is 91.4 cm³/mol. The first-order chi connectivity index (χ1) is 11.7. The molecule has 1 amide bonds. The molecule has 2 rings (SSSR count). The number of amides is 1. The number of anilines is 1. The van der Waals surface area contributed by atoms with E-state index >= 15 is 0 Å². The number of nitrogens with one attached hydrogen (secondary N) is 1. The lowest BCUT2D eigenvalue weighted by atomic mass is 10.0. The van der Waals surface area contributed by atoms with Crippen LogP contribution in [0.2, 0.25) is 0 Å². The van der Waals surface area contributed by atoms with Crippen LogP contribution in [0.1, 0.15) is 23.1 Å². The number of carbonyl (C=O) groups excluding carboxylic acids is 2. The van der Waals surface area contributed by atoms with Crippen molar-refractivity contribution in [1.82, 2.24) is 4.72 Å². The number of carbonyl (C=O) groups is 2. The number of hydrogen-bond acceptors (Lipinski definition) is 6. The van der Waals surface area contributed by atoms with Crippen LogP contribution in [0.15, 0.2) is 12.1 Å². The van der Waals surface area contributed by atoms with Crippen LogP contribution in [0.4, 0.5) is 5.69 Å². The Bertz CT molecular complexity index is 790. The van der Waals surface area contributed by atoms with Gasteiger partial charge in [0.25, 0.3) is 5.91 Å². The van der Waals surface area contributed by atoms with E-state index in [0.717, 1.165) is 16.7 Å². The van der Waals surface area contributed by atoms with E-state index in [1.165, 1.54) is 11.9 Å². The Morgan fingerprint density at radius 1 is 1.32 bits per heavy atom. The normalized spacial score (nSPS) is 17.4. The third-order valence-electron chi connectivity index (χ3n) is 4.20. The van der Waals surface area contributed by atoms with E-state index in [1.54, 1.807) is 0 Å². The van der Waals surface area contributed by atoms with E-state index in [0.29, 0.717) is 5.69 Å². The molecule has 8 nitrogen and oxygen atoms in total. The molecule has 1 aromatic rings. The zero-order chi connectivity index (χ0) is 18.8. The van der Waals surface area contributed by atoms with Crippen LogP contribution >= 0.6 is 0 Å². The summed E-state index contributed by atoms with van der Waals surface area (Å²) in [6.45, 7) is 5.04. The summed E-state index contributed by atoms with van der Waals surface area (Å²) in [4.78, 5) is 25.7. The fourth-order valence-electron chi connectivity index (χ4n) is 2.74. The summed E-state index contributed by atoms with van der Waals surface area (Å²) in [6, 6.07) is 3.32. The molecule has 1 heterocycles. The molecule has 1 atom stereocenters. The number of nitrogens with zero attached hydrogens (tertiary/aromatic N) is 1. The van der Waals surface area contributed by atoms with E-state index in [9.17, 15) is 18.0 Å². The van der Waals surface area contributed by atoms with E-state index in [-0.39, 0.29) is 13.0 Å². The summed E-state index contributed by atoms with van der Waals surface area (Å²) in [5.74, 6) is -0.951. The van der Waals surface area contributed by atoms with Crippen molar-refractivity contribution in [3.63, 3.8) is 0 Å². The van der Waals surface area contributed by atoms with Crippen LogP contribution in [0, 0.1) is 20.8 Å². The summed E-state index contributed by atoms with van der Waals surface area (Å²) in [5.41, 5.74) is 3.35. The first-order valence-corrected chi connectivity index (χ1v) is 9.19. The van der Waals surface area contributed by atoms with Gasteiger partial charge in [0, 0.05) is 7.05 Å². The maximum Gasteiger partial charge on any atom is 0.336 e. The van der Waals surface area contributed by atoms with Gasteiger partial charge in [0.1, 0.15) is 13.2 Å². The molecule has 1 unspecified atom stereocenters. The minimum absolute atomic E-state index is 0.0529. The highest BCUT2D eigenvalue weighted by atomic mass is 32.2. The quantitative estimate of drug-likeness (QED) is 0.741. The molecule has 1 fully saturated rings. The Hall–Kier alpha value is -1.97. The second kappa shape index (κ2) is 7.51. The standard InChI is InChI=1S/C16H22N2O6S/c1-10-5-6-11(2)16(12(10)3)18(13-7-15(20)23-8-13)14(19)9-24-25(21,22)17-4/h5-6,13,17H,7-9H2,1-4H3. The molecule has 9 heteroatoms. The summed E-state index contributed by atoms with van der Waals surface area (Å²) in [7, 11) is -2.80. The van der Waals surface area contributed by atoms with Gasteiger partial charge in [-0.1, -0.05) is 12.1 Å². The second-order valence-electron chi connectivity index (χ2n) is 5.90. The Labute approximate surface area is 147 Å². The molecule has 0 bridgehead atoms. The highest BCUT2D eigenvalue weighted by molar-refractivity contribution is 7.84. The molecule has 0 saturated carbocycles. The van der Waals surface area contributed by atoms with Crippen molar-refractivity contribution >= 4 is 27.9 Å². The highest BCUT2D eigenvalue weighted by Crippen LogP contribution is 2.31. The van der Waals surface area contributed by atoms with E-state index in [4.69, 9.17) is 4.74 Å². The average Bonchev–Trinajstić information content (AvgIpc) is 2.99. The molecular formula is C16H22N2O6S. The van der Waals surface area contributed by atoms with Gasteiger partial charge in [0.2, 0.25) is 0 Å². The highest BCUT2D eigenvalue weighted by Gasteiger charge is 2.35. The van der Waals surface area contributed by atoms with Crippen LogP contribution in [-0.4, -0.2) is 46.6 Å². The Morgan fingerprint density at radius 3 is 2.52 bits per heavy atom. The van der Waals surface area contributed by atoms with Crippen LogP contribution < -0.4 is 9.62 Å². The molecule has 138 valence electrons. The van der Waals surface area contributed by atoms with Crippen molar-refractivity contribution in [2.75, 3.05) is 25.2 Å². The Balaban J connectivity index is 2.39. The fraction of sp³-hybridized carbons (Fsp3) is 0.500. The summed E-state index contributed by atoms with van der Waals surface area (Å²) in [6.07, 6.45) is 0.0529. The monoisotopic (exact) mass is 370 g/mol. The van der Waals surface area contributed by atoms with Gasteiger partial charge < -0.3 is 9.64 Å². The van der Waals surface area contributed by atoms with Gasteiger partial charge in [-0.05, 0) is 37.5 Å². The molecule has 1 aromatic carbocycles. The maximum atomic E-state index is 12.8. The van der Waals surface area contributed by atoms with Crippen LogP contribution in [0.5, 0.6) is 0 Å². The van der Waals surface area contributed by atoms with Crippen molar-refractivity contribution in [1.29, 1.82) is 0 Å². The van der Waals surface area contributed by atoms with Gasteiger partial charge in [0.05, 0.1) is 18.2 Å². The molecule has 0 aromatic heterocycles. The summed E-state index contributed by atoms with van der Waals surface area (Å²) in [5, 5.41) is 0. The maximum absolute atomic E-state index is 12.8. The number of hydrogen-bond donors (Lipinski definition) is 1. The third kappa shape index (κ3) is 4.36. The molecule has 1 aliphatic heterocycles. The Kier molecular flexibility index (Phi) is 5.81. The number of esters is 1. The van der Waals surface area contributed by atoms with E-state index < -0.39 is 34.8 Å². The molecule has 25 heavy (non-hydrogen) atoms. The van der Waals surface area contributed by atoms with E-state index in [2.05, 4.69) is 4.18 Å². The lowest BCUT2D eigenvalue weighted by Gasteiger charge is -2.30. The van der Waals surface area contributed by atoms with Crippen molar-refractivity contribution in [3.8, 4) is 0 Å². The number of rotatable bonds is 6. The summed E-state index contributed by atoms with van der Waals surface area (Å²) < 4.78 is 34.5. The van der Waals surface area contributed by atoms with Gasteiger partial charge in [-0.2, -0.15) is 13.1 Å². The smallest absolute Gasteiger partial charge is 0.336 e. The predicted octanol–water partition coefficient (Wildman–Crippen LogP) is 0.741. The van der Waals surface area contributed by atoms with Crippen LogP contribution in [-0.2, 0) is 28.8 Å². The van der Waals surface area contributed by atoms with Crippen molar-refractivity contribution in [3.05, 3.63) is 28.8 Å². The minimum atomic E-state index is -3.99. The minimum Gasteiger partial charge on any atom is -0.463 e. The molecule has 1 saturated heterocycles. The van der Waals surface area contributed by atoms with Crippen LogP contribution in [0.3, 0.4) is 0 Å². The zero-order valence-corrected chi connectivity index (χ0v) is 15.5. The van der Waals surface area contributed by atoms with Crippen molar-refractivity contribution in [2.45, 2.75) is 33.2 Å². The Morgan fingerprint density at radius 2 is 1.96 bits per heavy atom. The first-order valence-electron chi connectivity index (χ1n) is 7.78. The fourth-order valence-corrected chi connectivity index (χ4v) is 3.11. The summed E-state index contributed by atoms with van der Waals surface area (Å²) >= 11 is 0. The molecule has 0 aliphatic carbocycles. The number of aryl methyl sites for hydroxylation is 2. The van der Waals surface area contributed by atoms with Crippen molar-refractivity contribution in [2.24, 2.45) is 0 Å². The lowest BCUT2D eigenvalue weighted by Crippen LogP contribution is -2.44. The van der Waals surface area contributed by atoms with Gasteiger partial charge in [-0.3, -0.25) is 9.59 Å². The molecular weight excluding hydrogens is 348 g/mol. The van der Waals surface area contributed by atoms with Gasteiger partial charge in [-0.25, -0.2) is 4.18 Å². The molecule has 0 spiro atoms. The van der Waals surface area contributed by atoms with Gasteiger partial charge in [-0.15, -0.1) is 0 Å². The van der Waals surface area contributed by atoms with Gasteiger partial charge in [0.15, 0.2) is 0 Å². The number of benzene rings is 1. The second-order valence-corrected chi connectivity index (χ2v) is 7.45. The van der Waals surface area contributed by atoms with Gasteiger partial charge >= 0.3 is 16.3 Å². The van der Waals surface area contributed by atoms with E-state index in [1.807, 2.05) is 37.6 Å².